The maximum atomic E-state index is 11.4. The molecule has 0 aliphatic rings. The Bertz CT molecular complexity index is 343. The fourth-order valence-corrected chi connectivity index (χ4v) is 2.80. The van der Waals surface area contributed by atoms with E-state index >= 15 is 0 Å². The minimum Gasteiger partial charge on any atom is -0.293 e. The highest BCUT2D eigenvalue weighted by atomic mass is 79.9. The molecular formula is C9H6Br2OS. The van der Waals surface area contributed by atoms with Gasteiger partial charge in [0, 0.05) is 17.3 Å². The predicted molar refractivity (Wildman–Crippen MR) is 62.1 cm³/mol. The molecule has 0 aliphatic carbocycles. The quantitative estimate of drug-likeness (QED) is 0.610. The molecule has 4 heteroatoms. The van der Waals surface area contributed by atoms with Crippen LogP contribution in [0.25, 0.3) is 0 Å². The monoisotopic (exact) mass is 320 g/mol. The van der Waals surface area contributed by atoms with Gasteiger partial charge in [0.2, 0.25) is 0 Å². The van der Waals surface area contributed by atoms with Crippen molar-refractivity contribution in [3.05, 3.63) is 19.2 Å². The van der Waals surface area contributed by atoms with E-state index in [9.17, 15) is 4.79 Å². The van der Waals surface area contributed by atoms with Gasteiger partial charge in [0.05, 0.1) is 8.66 Å². The van der Waals surface area contributed by atoms with Crippen molar-refractivity contribution in [3.8, 4) is 12.3 Å². The predicted octanol–water partition coefficient (Wildman–Crippen LogP) is 3.87. The van der Waals surface area contributed by atoms with E-state index in [1.807, 2.05) is 6.07 Å². The third kappa shape index (κ3) is 2.94. The summed E-state index contributed by atoms with van der Waals surface area (Å²) in [6.45, 7) is 0. The molecule has 0 N–H and O–H groups in total. The van der Waals surface area contributed by atoms with Crippen molar-refractivity contribution >= 4 is 49.0 Å². The van der Waals surface area contributed by atoms with Gasteiger partial charge in [-0.25, -0.2) is 0 Å². The number of carbonyl (C=O) groups excluding carboxylic acids is 1. The summed E-state index contributed by atoms with van der Waals surface area (Å²) < 4.78 is 1.86. The van der Waals surface area contributed by atoms with Crippen LogP contribution in [0, 0.1) is 12.3 Å². The van der Waals surface area contributed by atoms with Crippen molar-refractivity contribution in [2.45, 2.75) is 12.8 Å². The highest BCUT2D eigenvalue weighted by Crippen LogP contribution is 2.32. The normalized spacial score (nSPS) is 9.62. The molecule has 1 aromatic heterocycles. The standard InChI is InChI=1S/C9H6Br2OS/c1-2-3-4-7(12)8-5-6(10)9(11)13-8/h1,5H,3-4H2. The fraction of sp³-hybridized carbons (Fsp3) is 0.222. The van der Waals surface area contributed by atoms with E-state index in [4.69, 9.17) is 6.42 Å². The molecule has 0 radical (unpaired) electrons. The molecule has 0 atom stereocenters. The Morgan fingerprint density at radius 2 is 2.31 bits per heavy atom. The molecule has 1 heterocycles. The van der Waals surface area contributed by atoms with Gasteiger partial charge in [0.25, 0.3) is 0 Å². The van der Waals surface area contributed by atoms with Gasteiger partial charge >= 0.3 is 0 Å². The van der Waals surface area contributed by atoms with Crippen molar-refractivity contribution in [3.63, 3.8) is 0 Å². The Morgan fingerprint density at radius 3 is 2.77 bits per heavy atom. The summed E-state index contributed by atoms with van der Waals surface area (Å²) in [5.41, 5.74) is 0. The lowest BCUT2D eigenvalue weighted by molar-refractivity contribution is 0.0988. The average Bonchev–Trinajstić information content (AvgIpc) is 2.43. The zero-order valence-electron chi connectivity index (χ0n) is 6.64. The SMILES string of the molecule is C#CCCC(=O)c1cc(Br)c(Br)s1. The second-order valence-corrected chi connectivity index (χ2v) is 5.58. The fourth-order valence-electron chi connectivity index (χ4n) is 0.793. The zero-order chi connectivity index (χ0) is 9.84. The number of thiophene rings is 1. The van der Waals surface area contributed by atoms with Crippen molar-refractivity contribution in [1.29, 1.82) is 0 Å². The minimum atomic E-state index is 0.106. The molecule has 0 bridgehead atoms. The lowest BCUT2D eigenvalue weighted by Crippen LogP contribution is -1.93. The number of ketones is 1. The summed E-state index contributed by atoms with van der Waals surface area (Å²) in [5.74, 6) is 2.56. The second-order valence-electron chi connectivity index (χ2n) is 2.36. The maximum absolute atomic E-state index is 11.4. The second kappa shape index (κ2) is 4.94. The van der Waals surface area contributed by atoms with Crippen molar-refractivity contribution in [2.75, 3.05) is 0 Å². The first-order valence-corrected chi connectivity index (χ1v) is 5.97. The molecular weight excluding hydrogens is 316 g/mol. The molecule has 0 saturated heterocycles. The molecule has 0 aliphatic heterocycles. The summed E-state index contributed by atoms with van der Waals surface area (Å²) in [5, 5.41) is 0. The number of rotatable bonds is 3. The smallest absolute Gasteiger partial charge is 0.173 e. The summed E-state index contributed by atoms with van der Waals surface area (Å²) in [6.07, 6.45) is 6.01. The third-order valence-electron chi connectivity index (χ3n) is 1.42. The molecule has 13 heavy (non-hydrogen) atoms. The molecule has 0 saturated carbocycles. The Kier molecular flexibility index (Phi) is 4.17. The molecule has 1 aromatic rings. The van der Waals surface area contributed by atoms with Crippen LogP contribution in [0.1, 0.15) is 22.5 Å². The highest BCUT2D eigenvalue weighted by Gasteiger charge is 2.10. The number of terminal acetylenes is 1. The summed E-state index contributed by atoms with van der Waals surface area (Å²) >= 11 is 8.08. The van der Waals surface area contributed by atoms with E-state index in [0.717, 1.165) is 13.1 Å². The van der Waals surface area contributed by atoms with Crippen molar-refractivity contribution in [2.24, 2.45) is 0 Å². The van der Waals surface area contributed by atoms with Crippen molar-refractivity contribution < 1.29 is 4.79 Å². The van der Waals surface area contributed by atoms with Crippen LogP contribution in [0.4, 0.5) is 0 Å². The van der Waals surface area contributed by atoms with E-state index in [-0.39, 0.29) is 5.78 Å². The summed E-state index contributed by atoms with van der Waals surface area (Å²) in [4.78, 5) is 12.2. The van der Waals surface area contributed by atoms with Gasteiger partial charge in [0.15, 0.2) is 5.78 Å². The first kappa shape index (κ1) is 11.0. The van der Waals surface area contributed by atoms with Crippen LogP contribution in [0.3, 0.4) is 0 Å². The van der Waals surface area contributed by atoms with Gasteiger partial charge in [-0.2, -0.15) is 0 Å². The maximum Gasteiger partial charge on any atom is 0.173 e. The van der Waals surface area contributed by atoms with Gasteiger partial charge in [0.1, 0.15) is 0 Å². The van der Waals surface area contributed by atoms with E-state index < -0.39 is 0 Å². The van der Waals surface area contributed by atoms with E-state index in [1.165, 1.54) is 11.3 Å². The average molecular weight is 322 g/mol. The number of carbonyl (C=O) groups is 1. The first-order chi connectivity index (χ1) is 6.15. The van der Waals surface area contributed by atoms with Crippen LogP contribution >= 0.6 is 43.2 Å². The van der Waals surface area contributed by atoms with Crippen LogP contribution in [0.15, 0.2) is 14.3 Å². The molecule has 0 aromatic carbocycles. The largest absolute Gasteiger partial charge is 0.293 e. The van der Waals surface area contributed by atoms with Gasteiger partial charge in [-0.15, -0.1) is 23.7 Å². The van der Waals surface area contributed by atoms with Crippen LogP contribution < -0.4 is 0 Å². The van der Waals surface area contributed by atoms with Crippen LogP contribution in [-0.2, 0) is 0 Å². The van der Waals surface area contributed by atoms with Crippen LogP contribution in [0.5, 0.6) is 0 Å². The lowest BCUT2D eigenvalue weighted by atomic mass is 10.2. The molecule has 68 valence electrons. The molecule has 0 unspecified atom stereocenters. The number of hydrogen-bond acceptors (Lipinski definition) is 2. The Labute approximate surface area is 97.8 Å². The highest BCUT2D eigenvalue weighted by molar-refractivity contribution is 9.13. The molecule has 1 rings (SSSR count). The van der Waals surface area contributed by atoms with Gasteiger partial charge < -0.3 is 0 Å². The summed E-state index contributed by atoms with van der Waals surface area (Å²) in [7, 11) is 0. The van der Waals surface area contributed by atoms with Gasteiger partial charge in [-0.05, 0) is 37.9 Å². The molecule has 0 fully saturated rings. The van der Waals surface area contributed by atoms with E-state index in [1.54, 1.807) is 0 Å². The first-order valence-electron chi connectivity index (χ1n) is 3.56. The Morgan fingerprint density at radius 1 is 1.62 bits per heavy atom. The topological polar surface area (TPSA) is 17.1 Å². The third-order valence-corrected chi connectivity index (χ3v) is 4.71. The molecule has 0 spiro atoms. The van der Waals surface area contributed by atoms with E-state index in [0.29, 0.717) is 12.8 Å². The zero-order valence-corrected chi connectivity index (χ0v) is 10.6. The van der Waals surface area contributed by atoms with Crippen LogP contribution in [-0.4, -0.2) is 5.78 Å². The van der Waals surface area contributed by atoms with Crippen LogP contribution in [0.2, 0.25) is 0 Å². The number of Topliss-reactive ketones (excluding diaryl/α,β-unsaturated/α-hetero) is 1. The minimum absolute atomic E-state index is 0.106. The van der Waals surface area contributed by atoms with Gasteiger partial charge in [-0.3, -0.25) is 4.79 Å². The van der Waals surface area contributed by atoms with Crippen molar-refractivity contribution in [1.82, 2.24) is 0 Å². The lowest BCUT2D eigenvalue weighted by Gasteiger charge is -1.90. The Balaban J connectivity index is 2.73. The summed E-state index contributed by atoms with van der Waals surface area (Å²) in [6, 6.07) is 1.81. The Hall–Kier alpha value is -0.110. The molecule has 1 nitrogen and oxygen atoms in total. The van der Waals surface area contributed by atoms with E-state index in [2.05, 4.69) is 37.8 Å². The molecule has 0 amide bonds. The number of hydrogen-bond donors (Lipinski definition) is 0. The van der Waals surface area contributed by atoms with Gasteiger partial charge in [-0.1, -0.05) is 0 Å². The number of halogens is 2.